The van der Waals surface area contributed by atoms with Gasteiger partial charge in [-0.25, -0.2) is 0 Å². The third kappa shape index (κ3) is 3.07. The first-order valence-corrected chi connectivity index (χ1v) is 4.74. The zero-order chi connectivity index (χ0) is 9.56. The maximum atomic E-state index is 4.20. The van der Waals surface area contributed by atoms with E-state index in [0.717, 1.165) is 6.42 Å². The molecule has 1 rings (SSSR count). The first-order valence-electron chi connectivity index (χ1n) is 4.74. The van der Waals surface area contributed by atoms with Crippen LogP contribution in [-0.4, -0.2) is 9.78 Å². The van der Waals surface area contributed by atoms with Crippen LogP contribution in [0.15, 0.2) is 12.4 Å². The molecule has 0 bridgehead atoms. The van der Waals surface area contributed by atoms with Gasteiger partial charge in [0.05, 0.1) is 6.20 Å². The highest BCUT2D eigenvalue weighted by Crippen LogP contribution is 2.08. The standard InChI is InChI=1S/C8H14N2.C2H6/c1-4-8(3)10-6-7(2)5-9-10;1-2/h5-6,8H,4H2,1-3H3;1-2H3. The molecule has 1 aromatic heterocycles. The second-order valence-electron chi connectivity index (χ2n) is 2.75. The largest absolute Gasteiger partial charge is 0.270 e. The summed E-state index contributed by atoms with van der Waals surface area (Å²) in [5, 5.41) is 4.20. The molecule has 0 aliphatic heterocycles. The second-order valence-corrected chi connectivity index (χ2v) is 2.75. The van der Waals surface area contributed by atoms with E-state index in [4.69, 9.17) is 0 Å². The summed E-state index contributed by atoms with van der Waals surface area (Å²) in [5.74, 6) is 0. The molecule has 1 aromatic rings. The quantitative estimate of drug-likeness (QED) is 0.663. The van der Waals surface area contributed by atoms with Gasteiger partial charge in [0.2, 0.25) is 0 Å². The van der Waals surface area contributed by atoms with Crippen molar-refractivity contribution in [3.05, 3.63) is 18.0 Å². The minimum atomic E-state index is 0.536. The first kappa shape index (κ1) is 11.2. The lowest BCUT2D eigenvalue weighted by Gasteiger charge is -2.07. The van der Waals surface area contributed by atoms with Crippen molar-refractivity contribution in [1.29, 1.82) is 0 Å². The lowest BCUT2D eigenvalue weighted by atomic mass is 10.3. The van der Waals surface area contributed by atoms with E-state index in [1.54, 1.807) is 0 Å². The summed E-state index contributed by atoms with van der Waals surface area (Å²) in [7, 11) is 0. The number of hydrogen-bond acceptors (Lipinski definition) is 1. The fourth-order valence-electron chi connectivity index (χ4n) is 0.861. The van der Waals surface area contributed by atoms with Gasteiger partial charge in [-0.15, -0.1) is 0 Å². The van der Waals surface area contributed by atoms with Gasteiger partial charge in [-0.2, -0.15) is 5.10 Å². The Morgan fingerprint density at radius 2 is 2.08 bits per heavy atom. The minimum Gasteiger partial charge on any atom is -0.270 e. The summed E-state index contributed by atoms with van der Waals surface area (Å²) in [6.45, 7) is 10.4. The van der Waals surface area contributed by atoms with Gasteiger partial charge in [0.15, 0.2) is 0 Å². The van der Waals surface area contributed by atoms with Crippen LogP contribution in [-0.2, 0) is 0 Å². The van der Waals surface area contributed by atoms with Crippen LogP contribution in [0.1, 0.15) is 45.7 Å². The maximum Gasteiger partial charge on any atom is 0.0519 e. The van der Waals surface area contributed by atoms with Gasteiger partial charge >= 0.3 is 0 Å². The summed E-state index contributed by atoms with van der Waals surface area (Å²) in [4.78, 5) is 0. The zero-order valence-corrected chi connectivity index (χ0v) is 8.83. The number of hydrogen-bond donors (Lipinski definition) is 0. The highest BCUT2D eigenvalue weighted by Gasteiger charge is 2.00. The molecule has 0 spiro atoms. The van der Waals surface area contributed by atoms with Gasteiger partial charge in [-0.3, -0.25) is 4.68 Å². The van der Waals surface area contributed by atoms with Crippen molar-refractivity contribution in [2.45, 2.75) is 47.1 Å². The van der Waals surface area contributed by atoms with E-state index >= 15 is 0 Å². The molecule has 1 heterocycles. The summed E-state index contributed by atoms with van der Waals surface area (Å²) in [6.07, 6.45) is 5.11. The minimum absolute atomic E-state index is 0.536. The van der Waals surface area contributed by atoms with Crippen molar-refractivity contribution >= 4 is 0 Å². The first-order chi connectivity index (χ1) is 5.74. The Kier molecular flexibility index (Phi) is 5.43. The molecular formula is C10H20N2. The van der Waals surface area contributed by atoms with Gasteiger partial charge in [-0.1, -0.05) is 20.8 Å². The van der Waals surface area contributed by atoms with Crippen molar-refractivity contribution in [2.24, 2.45) is 0 Å². The fraction of sp³-hybridized carbons (Fsp3) is 0.700. The van der Waals surface area contributed by atoms with Gasteiger partial charge in [0, 0.05) is 12.2 Å². The molecule has 0 aromatic carbocycles. The van der Waals surface area contributed by atoms with Crippen LogP contribution in [0, 0.1) is 6.92 Å². The topological polar surface area (TPSA) is 17.8 Å². The van der Waals surface area contributed by atoms with Gasteiger partial charge < -0.3 is 0 Å². The molecule has 0 aliphatic carbocycles. The molecule has 70 valence electrons. The number of rotatable bonds is 2. The third-order valence-electron chi connectivity index (χ3n) is 1.77. The fourth-order valence-corrected chi connectivity index (χ4v) is 0.861. The average Bonchev–Trinajstić information content (AvgIpc) is 2.54. The SMILES string of the molecule is CC.CCC(C)n1cc(C)cn1. The van der Waals surface area contributed by atoms with Crippen LogP contribution in [0.4, 0.5) is 0 Å². The van der Waals surface area contributed by atoms with Crippen LogP contribution >= 0.6 is 0 Å². The van der Waals surface area contributed by atoms with E-state index in [-0.39, 0.29) is 0 Å². The van der Waals surface area contributed by atoms with Crippen LogP contribution in [0.25, 0.3) is 0 Å². The monoisotopic (exact) mass is 168 g/mol. The Labute approximate surface area is 75.6 Å². The number of aryl methyl sites for hydroxylation is 1. The predicted octanol–water partition coefficient (Wildman–Crippen LogP) is 3.19. The van der Waals surface area contributed by atoms with Gasteiger partial charge in [0.1, 0.15) is 0 Å². The number of nitrogens with zero attached hydrogens (tertiary/aromatic N) is 2. The van der Waals surface area contributed by atoms with Crippen molar-refractivity contribution in [2.75, 3.05) is 0 Å². The third-order valence-corrected chi connectivity index (χ3v) is 1.77. The molecule has 1 atom stereocenters. The van der Waals surface area contributed by atoms with E-state index in [2.05, 4.69) is 32.1 Å². The van der Waals surface area contributed by atoms with E-state index in [0.29, 0.717) is 6.04 Å². The van der Waals surface area contributed by atoms with Crippen LogP contribution in [0.5, 0.6) is 0 Å². The highest BCUT2D eigenvalue weighted by atomic mass is 15.3. The van der Waals surface area contributed by atoms with Gasteiger partial charge in [-0.05, 0) is 25.8 Å². The molecule has 2 nitrogen and oxygen atoms in total. The lowest BCUT2D eigenvalue weighted by Crippen LogP contribution is -2.03. The summed E-state index contributed by atoms with van der Waals surface area (Å²) < 4.78 is 2.01. The normalized spacial score (nSPS) is 11.8. The number of aromatic nitrogens is 2. The Bertz CT molecular complexity index is 203. The van der Waals surface area contributed by atoms with Crippen LogP contribution in [0.3, 0.4) is 0 Å². The Hall–Kier alpha value is -0.790. The Morgan fingerprint density at radius 3 is 2.42 bits per heavy atom. The van der Waals surface area contributed by atoms with E-state index in [1.807, 2.05) is 24.7 Å². The van der Waals surface area contributed by atoms with Crippen LogP contribution < -0.4 is 0 Å². The van der Waals surface area contributed by atoms with Crippen molar-refractivity contribution in [3.8, 4) is 0 Å². The molecule has 1 unspecified atom stereocenters. The molecular weight excluding hydrogens is 148 g/mol. The van der Waals surface area contributed by atoms with E-state index < -0.39 is 0 Å². The molecule has 0 aliphatic rings. The molecule has 0 radical (unpaired) electrons. The van der Waals surface area contributed by atoms with Crippen molar-refractivity contribution in [3.63, 3.8) is 0 Å². The molecule has 2 heteroatoms. The molecule has 0 saturated carbocycles. The molecule has 12 heavy (non-hydrogen) atoms. The summed E-state index contributed by atoms with van der Waals surface area (Å²) >= 11 is 0. The van der Waals surface area contributed by atoms with Gasteiger partial charge in [0.25, 0.3) is 0 Å². The second kappa shape index (κ2) is 5.81. The summed E-state index contributed by atoms with van der Waals surface area (Å²) in [6, 6.07) is 0.536. The molecule has 0 fully saturated rings. The predicted molar refractivity (Wildman–Crippen MR) is 53.3 cm³/mol. The lowest BCUT2D eigenvalue weighted by molar-refractivity contribution is 0.477. The highest BCUT2D eigenvalue weighted by molar-refractivity contribution is 4.99. The zero-order valence-electron chi connectivity index (χ0n) is 8.83. The molecule has 0 N–H and O–H groups in total. The smallest absolute Gasteiger partial charge is 0.0519 e. The molecule has 0 saturated heterocycles. The van der Waals surface area contributed by atoms with Crippen LogP contribution in [0.2, 0.25) is 0 Å². The average molecular weight is 168 g/mol. The molecule has 0 amide bonds. The van der Waals surface area contributed by atoms with Crippen molar-refractivity contribution < 1.29 is 0 Å². The van der Waals surface area contributed by atoms with E-state index in [1.165, 1.54) is 5.56 Å². The maximum absolute atomic E-state index is 4.20. The summed E-state index contributed by atoms with van der Waals surface area (Å²) in [5.41, 5.74) is 1.24. The Balaban J connectivity index is 0.000000561. The van der Waals surface area contributed by atoms with E-state index in [9.17, 15) is 0 Å². The van der Waals surface area contributed by atoms with Crippen molar-refractivity contribution in [1.82, 2.24) is 9.78 Å². The Morgan fingerprint density at radius 1 is 1.50 bits per heavy atom.